The summed E-state index contributed by atoms with van der Waals surface area (Å²) in [5.74, 6) is -0.843. The van der Waals surface area contributed by atoms with Gasteiger partial charge in [0, 0.05) is 29.6 Å². The lowest BCUT2D eigenvalue weighted by molar-refractivity contribution is -0.124. The standard InChI is InChI=1S/C22H24Cl2N2O3/c1-3-4-5-10-20(27)25-14-21(28)26(2)19-12-11-15(23)13-17(19)22(29)16-8-6-7-9-18(16)24/h6-9,11-13H,3-5,10,14H2,1-2H3,(H,25,27). The van der Waals surface area contributed by atoms with Crippen LogP contribution in [0.25, 0.3) is 0 Å². The Labute approximate surface area is 181 Å². The van der Waals surface area contributed by atoms with E-state index in [1.54, 1.807) is 43.4 Å². The number of likely N-dealkylation sites (N-methyl/N-ethyl adjacent to an activating group) is 1. The Morgan fingerprint density at radius 1 is 1.00 bits per heavy atom. The van der Waals surface area contributed by atoms with Crippen LogP contribution in [-0.2, 0) is 9.59 Å². The molecule has 0 atom stereocenters. The fraction of sp³-hybridized carbons (Fsp3) is 0.318. The first-order valence-corrected chi connectivity index (χ1v) is 10.2. The molecule has 0 aliphatic rings. The van der Waals surface area contributed by atoms with Gasteiger partial charge in [-0.25, -0.2) is 0 Å². The number of halogens is 2. The van der Waals surface area contributed by atoms with Gasteiger partial charge in [0.15, 0.2) is 5.78 Å². The molecule has 5 nitrogen and oxygen atoms in total. The highest BCUT2D eigenvalue weighted by Gasteiger charge is 2.22. The molecule has 154 valence electrons. The highest BCUT2D eigenvalue weighted by molar-refractivity contribution is 6.36. The first-order valence-electron chi connectivity index (χ1n) is 9.47. The first kappa shape index (κ1) is 22.9. The predicted octanol–water partition coefficient (Wildman–Crippen LogP) is 4.88. The van der Waals surface area contributed by atoms with Crippen molar-refractivity contribution in [1.29, 1.82) is 0 Å². The highest BCUT2D eigenvalue weighted by Crippen LogP contribution is 2.28. The maximum atomic E-state index is 13.0. The predicted molar refractivity (Wildman–Crippen MR) is 117 cm³/mol. The van der Waals surface area contributed by atoms with Crippen LogP contribution in [0.3, 0.4) is 0 Å². The molecular weight excluding hydrogens is 411 g/mol. The zero-order valence-corrected chi connectivity index (χ0v) is 18.0. The summed E-state index contributed by atoms with van der Waals surface area (Å²) in [6.45, 7) is 1.91. The topological polar surface area (TPSA) is 66.5 Å². The SMILES string of the molecule is CCCCCC(=O)NCC(=O)N(C)c1ccc(Cl)cc1C(=O)c1ccccc1Cl. The molecule has 29 heavy (non-hydrogen) atoms. The van der Waals surface area contributed by atoms with E-state index in [1.165, 1.54) is 11.0 Å². The monoisotopic (exact) mass is 434 g/mol. The van der Waals surface area contributed by atoms with Gasteiger partial charge in [-0.05, 0) is 36.8 Å². The number of unbranched alkanes of at least 4 members (excludes halogenated alkanes) is 2. The lowest BCUT2D eigenvalue weighted by atomic mass is 10.0. The van der Waals surface area contributed by atoms with Gasteiger partial charge in [-0.1, -0.05) is 55.1 Å². The van der Waals surface area contributed by atoms with Gasteiger partial charge in [-0.15, -0.1) is 0 Å². The largest absolute Gasteiger partial charge is 0.347 e. The van der Waals surface area contributed by atoms with Crippen LogP contribution in [0.1, 0.15) is 48.5 Å². The lowest BCUT2D eigenvalue weighted by Gasteiger charge is -2.21. The molecule has 0 aliphatic carbocycles. The van der Waals surface area contributed by atoms with E-state index in [0.29, 0.717) is 27.7 Å². The average Bonchev–Trinajstić information content (AvgIpc) is 2.71. The normalized spacial score (nSPS) is 10.5. The summed E-state index contributed by atoms with van der Waals surface area (Å²) in [7, 11) is 1.55. The fourth-order valence-electron chi connectivity index (χ4n) is 2.82. The first-order chi connectivity index (χ1) is 13.8. The fourth-order valence-corrected chi connectivity index (χ4v) is 3.22. The Bertz CT molecular complexity index is 899. The Morgan fingerprint density at radius 2 is 1.72 bits per heavy atom. The van der Waals surface area contributed by atoms with Gasteiger partial charge in [0.05, 0.1) is 17.3 Å². The molecule has 2 amide bonds. The summed E-state index contributed by atoms with van der Waals surface area (Å²) < 4.78 is 0. The Hall–Kier alpha value is -2.37. The molecule has 0 saturated heterocycles. The molecule has 0 saturated carbocycles. The van der Waals surface area contributed by atoms with Gasteiger partial charge >= 0.3 is 0 Å². The van der Waals surface area contributed by atoms with Crippen LogP contribution in [0.2, 0.25) is 10.0 Å². The van der Waals surface area contributed by atoms with Crippen LogP contribution >= 0.6 is 23.2 Å². The molecule has 1 N–H and O–H groups in total. The number of carbonyl (C=O) groups is 3. The number of hydrogen-bond donors (Lipinski definition) is 1. The third-order valence-electron chi connectivity index (χ3n) is 4.50. The minimum atomic E-state index is -0.343. The van der Waals surface area contributed by atoms with Crippen molar-refractivity contribution in [2.24, 2.45) is 0 Å². The number of carbonyl (C=O) groups excluding carboxylic acids is 3. The third kappa shape index (κ3) is 6.31. The van der Waals surface area contributed by atoms with Crippen LogP contribution in [-0.4, -0.2) is 31.2 Å². The smallest absolute Gasteiger partial charge is 0.246 e. The van der Waals surface area contributed by atoms with Crippen molar-refractivity contribution in [1.82, 2.24) is 5.32 Å². The second-order valence-electron chi connectivity index (χ2n) is 6.66. The van der Waals surface area contributed by atoms with Crippen LogP contribution in [0.5, 0.6) is 0 Å². The molecule has 0 radical (unpaired) electrons. The van der Waals surface area contributed by atoms with Crippen molar-refractivity contribution in [2.75, 3.05) is 18.5 Å². The van der Waals surface area contributed by atoms with Gasteiger partial charge in [0.2, 0.25) is 11.8 Å². The number of rotatable bonds is 9. The highest BCUT2D eigenvalue weighted by atomic mass is 35.5. The molecule has 0 fully saturated rings. The molecule has 0 bridgehead atoms. The second-order valence-corrected chi connectivity index (χ2v) is 7.50. The Kier molecular flexibility index (Phi) is 8.68. The van der Waals surface area contributed by atoms with E-state index in [4.69, 9.17) is 23.2 Å². The molecule has 0 unspecified atom stereocenters. The summed E-state index contributed by atoms with van der Waals surface area (Å²) >= 11 is 12.2. The van der Waals surface area contributed by atoms with Crippen molar-refractivity contribution in [2.45, 2.75) is 32.6 Å². The van der Waals surface area contributed by atoms with Crippen molar-refractivity contribution < 1.29 is 14.4 Å². The van der Waals surface area contributed by atoms with E-state index >= 15 is 0 Å². The quantitative estimate of drug-likeness (QED) is 0.451. The molecule has 2 aromatic carbocycles. The zero-order chi connectivity index (χ0) is 21.4. The van der Waals surface area contributed by atoms with E-state index < -0.39 is 0 Å². The third-order valence-corrected chi connectivity index (χ3v) is 5.07. The minimum Gasteiger partial charge on any atom is -0.347 e. The molecule has 7 heteroatoms. The van der Waals surface area contributed by atoms with Gasteiger partial charge in [0.25, 0.3) is 0 Å². The number of benzene rings is 2. The average molecular weight is 435 g/mol. The van der Waals surface area contributed by atoms with Crippen molar-refractivity contribution >= 4 is 46.5 Å². The minimum absolute atomic E-state index is 0.149. The lowest BCUT2D eigenvalue weighted by Crippen LogP contribution is -2.38. The van der Waals surface area contributed by atoms with E-state index in [0.717, 1.165) is 19.3 Å². The molecule has 0 aromatic heterocycles. The van der Waals surface area contributed by atoms with Crippen molar-refractivity contribution in [3.8, 4) is 0 Å². The van der Waals surface area contributed by atoms with Gasteiger partial charge in [0.1, 0.15) is 0 Å². The number of nitrogens with one attached hydrogen (secondary N) is 1. The maximum absolute atomic E-state index is 13.0. The van der Waals surface area contributed by atoms with Gasteiger partial charge in [-0.3, -0.25) is 14.4 Å². The summed E-state index contributed by atoms with van der Waals surface area (Å²) in [5, 5.41) is 3.32. The Balaban J connectivity index is 2.17. The zero-order valence-electron chi connectivity index (χ0n) is 16.5. The maximum Gasteiger partial charge on any atom is 0.246 e. The van der Waals surface area contributed by atoms with E-state index in [1.807, 2.05) is 0 Å². The molecule has 2 aromatic rings. The number of ketones is 1. The van der Waals surface area contributed by atoms with Crippen molar-refractivity contribution in [3.63, 3.8) is 0 Å². The molecule has 0 heterocycles. The summed E-state index contributed by atoms with van der Waals surface area (Å²) in [4.78, 5) is 38.8. The van der Waals surface area contributed by atoms with Crippen LogP contribution < -0.4 is 10.2 Å². The van der Waals surface area contributed by atoms with Crippen LogP contribution in [0.4, 0.5) is 5.69 Å². The second kappa shape index (κ2) is 11.0. The molecule has 2 rings (SSSR count). The summed E-state index contributed by atoms with van der Waals surface area (Å²) in [5.41, 5.74) is 0.975. The summed E-state index contributed by atoms with van der Waals surface area (Å²) in [6.07, 6.45) is 3.18. The molecule has 0 aliphatic heterocycles. The van der Waals surface area contributed by atoms with E-state index in [-0.39, 0.29) is 29.7 Å². The number of hydrogen-bond acceptors (Lipinski definition) is 3. The van der Waals surface area contributed by atoms with Crippen molar-refractivity contribution in [3.05, 3.63) is 63.6 Å². The van der Waals surface area contributed by atoms with Crippen LogP contribution in [0.15, 0.2) is 42.5 Å². The summed E-state index contributed by atoms with van der Waals surface area (Å²) in [6, 6.07) is 11.4. The number of amides is 2. The molecular formula is C22H24Cl2N2O3. The van der Waals surface area contributed by atoms with Crippen LogP contribution in [0, 0.1) is 0 Å². The number of anilines is 1. The van der Waals surface area contributed by atoms with Gasteiger partial charge in [-0.2, -0.15) is 0 Å². The Morgan fingerprint density at radius 3 is 2.41 bits per heavy atom. The molecule has 0 spiro atoms. The van der Waals surface area contributed by atoms with E-state index in [2.05, 4.69) is 12.2 Å². The van der Waals surface area contributed by atoms with Gasteiger partial charge < -0.3 is 10.2 Å². The number of nitrogens with zero attached hydrogens (tertiary/aromatic N) is 1. The van der Waals surface area contributed by atoms with E-state index in [9.17, 15) is 14.4 Å².